The third-order valence-electron chi connectivity index (χ3n) is 4.00. The summed E-state index contributed by atoms with van der Waals surface area (Å²) in [5, 5.41) is 12.3. The maximum absolute atomic E-state index is 12.6. The topological polar surface area (TPSA) is 71.3 Å². The number of nitrogens with one attached hydrogen (secondary N) is 1. The van der Waals surface area contributed by atoms with Crippen LogP contribution in [0.4, 0.5) is 5.69 Å². The molecule has 29 heavy (non-hydrogen) atoms. The number of carbonyl (C=O) groups is 1. The Hall–Kier alpha value is -3.04. The van der Waals surface area contributed by atoms with E-state index in [1.165, 1.54) is 6.08 Å². The van der Waals surface area contributed by atoms with Gasteiger partial charge in [-0.05, 0) is 64.7 Å². The van der Waals surface area contributed by atoms with Crippen molar-refractivity contribution in [1.29, 1.82) is 5.26 Å². The summed E-state index contributed by atoms with van der Waals surface area (Å²) in [4.78, 5) is 12.6. The van der Waals surface area contributed by atoms with Crippen LogP contribution in [-0.2, 0) is 11.2 Å². The van der Waals surface area contributed by atoms with Crippen molar-refractivity contribution >= 4 is 33.6 Å². The summed E-state index contributed by atoms with van der Waals surface area (Å²) in [5.41, 5.74) is 2.33. The molecule has 0 saturated heterocycles. The van der Waals surface area contributed by atoms with E-state index >= 15 is 0 Å². The van der Waals surface area contributed by atoms with Gasteiger partial charge in [0.1, 0.15) is 18.2 Å². The van der Waals surface area contributed by atoms with Crippen LogP contribution < -0.4 is 14.8 Å². The Bertz CT molecular complexity index is 961. The van der Waals surface area contributed by atoms with Crippen LogP contribution in [0.3, 0.4) is 0 Å². The predicted molar refractivity (Wildman–Crippen MR) is 119 cm³/mol. The molecule has 1 N–H and O–H groups in total. The Morgan fingerprint density at radius 1 is 1.28 bits per heavy atom. The molecule has 0 heterocycles. The van der Waals surface area contributed by atoms with E-state index in [0.29, 0.717) is 40.4 Å². The van der Waals surface area contributed by atoms with Crippen LogP contribution in [0.25, 0.3) is 6.08 Å². The van der Waals surface area contributed by atoms with E-state index in [-0.39, 0.29) is 5.57 Å². The van der Waals surface area contributed by atoms with E-state index < -0.39 is 5.91 Å². The molecule has 0 radical (unpaired) electrons. The molecule has 2 aromatic carbocycles. The SMILES string of the molecule is C=CCOc1c(Br)cc(/C=C(\C#N)C(=O)Nc2ccccc2CC)cc1OCC. The number of para-hydroxylation sites is 1. The average Bonchev–Trinajstić information content (AvgIpc) is 2.72. The fraction of sp³-hybridized carbons (Fsp3) is 0.217. The number of rotatable bonds is 9. The maximum atomic E-state index is 12.6. The molecule has 2 aromatic rings. The van der Waals surface area contributed by atoms with Gasteiger partial charge < -0.3 is 14.8 Å². The van der Waals surface area contributed by atoms with Gasteiger partial charge in [0.15, 0.2) is 11.5 Å². The fourth-order valence-electron chi connectivity index (χ4n) is 2.67. The van der Waals surface area contributed by atoms with E-state index in [2.05, 4.69) is 27.8 Å². The highest BCUT2D eigenvalue weighted by molar-refractivity contribution is 9.10. The van der Waals surface area contributed by atoms with E-state index in [0.717, 1.165) is 12.0 Å². The number of carbonyl (C=O) groups excluding carboxylic acids is 1. The summed E-state index contributed by atoms with van der Waals surface area (Å²) in [7, 11) is 0. The van der Waals surface area contributed by atoms with Crippen molar-refractivity contribution < 1.29 is 14.3 Å². The lowest BCUT2D eigenvalue weighted by atomic mass is 10.1. The Kier molecular flexibility index (Phi) is 8.50. The molecular formula is C23H23BrN2O3. The van der Waals surface area contributed by atoms with Crippen molar-refractivity contribution in [2.24, 2.45) is 0 Å². The van der Waals surface area contributed by atoms with Crippen LogP contribution in [0.5, 0.6) is 11.5 Å². The molecule has 0 unspecified atom stereocenters. The summed E-state index contributed by atoms with van der Waals surface area (Å²) in [6.07, 6.45) is 3.94. The molecule has 0 bridgehead atoms. The van der Waals surface area contributed by atoms with Crippen LogP contribution in [0.2, 0.25) is 0 Å². The van der Waals surface area contributed by atoms with Gasteiger partial charge in [0, 0.05) is 5.69 Å². The zero-order chi connectivity index (χ0) is 21.2. The molecule has 2 rings (SSSR count). The summed E-state index contributed by atoms with van der Waals surface area (Å²) < 4.78 is 12.0. The molecule has 0 aromatic heterocycles. The Morgan fingerprint density at radius 2 is 2.03 bits per heavy atom. The van der Waals surface area contributed by atoms with Gasteiger partial charge in [-0.3, -0.25) is 4.79 Å². The zero-order valence-electron chi connectivity index (χ0n) is 16.5. The van der Waals surface area contributed by atoms with Crippen molar-refractivity contribution in [3.63, 3.8) is 0 Å². The predicted octanol–water partition coefficient (Wildman–Crippen LogP) is 5.52. The first-order valence-corrected chi connectivity index (χ1v) is 10.0. The molecule has 0 saturated carbocycles. The van der Waals surface area contributed by atoms with Crippen molar-refractivity contribution in [2.75, 3.05) is 18.5 Å². The Labute approximate surface area is 179 Å². The van der Waals surface area contributed by atoms with Crippen LogP contribution >= 0.6 is 15.9 Å². The smallest absolute Gasteiger partial charge is 0.266 e. The summed E-state index contributed by atoms with van der Waals surface area (Å²) in [5.74, 6) is 0.599. The lowest BCUT2D eigenvalue weighted by molar-refractivity contribution is -0.112. The van der Waals surface area contributed by atoms with Crippen molar-refractivity contribution in [3.8, 4) is 17.6 Å². The van der Waals surface area contributed by atoms with Gasteiger partial charge in [0.25, 0.3) is 5.91 Å². The first-order chi connectivity index (χ1) is 14.0. The standard InChI is InChI=1S/C23H23BrN2O3/c1-4-11-29-22-19(24)13-16(14-21(22)28-6-3)12-18(15-25)23(27)26-20-10-8-7-9-17(20)5-2/h4,7-10,12-14H,1,5-6,11H2,2-3H3,(H,26,27)/b18-12+. The highest BCUT2D eigenvalue weighted by Crippen LogP contribution is 2.37. The monoisotopic (exact) mass is 454 g/mol. The van der Waals surface area contributed by atoms with Gasteiger partial charge in [0.2, 0.25) is 0 Å². The zero-order valence-corrected chi connectivity index (χ0v) is 18.1. The number of nitrogens with zero attached hydrogens (tertiary/aromatic N) is 1. The van der Waals surface area contributed by atoms with Gasteiger partial charge in [-0.25, -0.2) is 0 Å². The second kappa shape index (κ2) is 11.1. The van der Waals surface area contributed by atoms with Crippen molar-refractivity contribution in [3.05, 3.63) is 70.2 Å². The minimum atomic E-state index is -0.463. The third-order valence-corrected chi connectivity index (χ3v) is 4.59. The van der Waals surface area contributed by atoms with Crippen LogP contribution in [0, 0.1) is 11.3 Å². The van der Waals surface area contributed by atoms with Crippen molar-refractivity contribution in [2.45, 2.75) is 20.3 Å². The van der Waals surface area contributed by atoms with Gasteiger partial charge in [-0.2, -0.15) is 5.26 Å². The second-order valence-corrected chi connectivity index (χ2v) is 6.85. The second-order valence-electron chi connectivity index (χ2n) is 6.00. The van der Waals surface area contributed by atoms with E-state index in [9.17, 15) is 10.1 Å². The third kappa shape index (κ3) is 5.97. The minimum Gasteiger partial charge on any atom is -0.490 e. The number of anilines is 1. The Balaban J connectivity index is 2.35. The molecule has 0 aliphatic carbocycles. The lowest BCUT2D eigenvalue weighted by Gasteiger charge is -2.14. The molecule has 5 nitrogen and oxygen atoms in total. The number of ether oxygens (including phenoxy) is 2. The summed E-state index contributed by atoms with van der Waals surface area (Å²) in [6, 6.07) is 13.0. The van der Waals surface area contributed by atoms with Crippen LogP contribution in [0.15, 0.2) is 59.1 Å². The molecule has 1 amide bonds. The number of nitriles is 1. The van der Waals surface area contributed by atoms with Gasteiger partial charge >= 0.3 is 0 Å². The summed E-state index contributed by atoms with van der Waals surface area (Å²) >= 11 is 3.47. The van der Waals surface area contributed by atoms with Crippen LogP contribution in [-0.4, -0.2) is 19.1 Å². The van der Waals surface area contributed by atoms with Gasteiger partial charge in [-0.15, -0.1) is 0 Å². The van der Waals surface area contributed by atoms with E-state index in [1.54, 1.807) is 18.2 Å². The number of aryl methyl sites for hydroxylation is 1. The number of hydrogen-bond acceptors (Lipinski definition) is 4. The van der Waals surface area contributed by atoms with Gasteiger partial charge in [-0.1, -0.05) is 37.8 Å². The minimum absolute atomic E-state index is 0.00925. The van der Waals surface area contributed by atoms with Crippen LogP contribution in [0.1, 0.15) is 25.0 Å². The normalized spacial score (nSPS) is 10.8. The molecule has 0 spiro atoms. The number of hydrogen-bond donors (Lipinski definition) is 1. The molecule has 0 atom stereocenters. The first-order valence-electron chi connectivity index (χ1n) is 9.25. The maximum Gasteiger partial charge on any atom is 0.266 e. The number of benzene rings is 2. The highest BCUT2D eigenvalue weighted by Gasteiger charge is 2.15. The molecule has 150 valence electrons. The fourth-order valence-corrected chi connectivity index (χ4v) is 3.25. The summed E-state index contributed by atoms with van der Waals surface area (Å²) in [6.45, 7) is 8.30. The lowest BCUT2D eigenvalue weighted by Crippen LogP contribution is -2.14. The molecule has 0 aliphatic rings. The van der Waals surface area contributed by atoms with Crippen molar-refractivity contribution in [1.82, 2.24) is 0 Å². The quantitative estimate of drug-likeness (QED) is 0.307. The number of halogens is 1. The Morgan fingerprint density at radius 3 is 2.69 bits per heavy atom. The van der Waals surface area contributed by atoms with E-state index in [4.69, 9.17) is 9.47 Å². The molecule has 0 fully saturated rings. The largest absolute Gasteiger partial charge is 0.490 e. The van der Waals surface area contributed by atoms with Gasteiger partial charge in [0.05, 0.1) is 11.1 Å². The average molecular weight is 455 g/mol. The first kappa shape index (κ1) is 22.3. The van der Waals surface area contributed by atoms with E-state index in [1.807, 2.05) is 44.2 Å². The highest BCUT2D eigenvalue weighted by atomic mass is 79.9. The number of amides is 1. The molecule has 0 aliphatic heterocycles. The molecular weight excluding hydrogens is 432 g/mol. The molecule has 6 heteroatoms.